The van der Waals surface area contributed by atoms with Gasteiger partial charge < -0.3 is 10.3 Å². The number of aromatic nitrogens is 2. The van der Waals surface area contributed by atoms with E-state index in [0.717, 1.165) is 47.5 Å². The van der Waals surface area contributed by atoms with Gasteiger partial charge in [-0.3, -0.25) is 4.90 Å². The molecule has 30 heavy (non-hydrogen) atoms. The summed E-state index contributed by atoms with van der Waals surface area (Å²) >= 11 is 0. The summed E-state index contributed by atoms with van der Waals surface area (Å²) in [7, 11) is 0. The Morgan fingerprint density at radius 3 is 2.67 bits per heavy atom. The van der Waals surface area contributed by atoms with Crippen LogP contribution in [0.2, 0.25) is 0 Å². The molecule has 2 saturated heterocycles. The standard InChI is InChI=1S/C25H25N5/c26-12-19-11-22-23-10-18(13-28-25(23)29-24(22)14-27-19)17-6-4-16(5-7-17)15-30-20-2-1-3-21(30)9-8-20/h4-7,10-11,14,20-21,28-29H,1-3,8-9,13,15H2. The molecular weight excluding hydrogens is 370 g/mol. The summed E-state index contributed by atoms with van der Waals surface area (Å²) in [5.74, 6) is 1.00. The number of nitriles is 1. The van der Waals surface area contributed by atoms with Crippen molar-refractivity contribution in [2.75, 3.05) is 11.9 Å². The van der Waals surface area contributed by atoms with Crippen LogP contribution in [0, 0.1) is 11.3 Å². The Labute approximate surface area is 176 Å². The van der Waals surface area contributed by atoms with E-state index < -0.39 is 0 Å². The third-order valence-corrected chi connectivity index (χ3v) is 7.15. The molecule has 5 nitrogen and oxygen atoms in total. The number of hydrogen-bond acceptors (Lipinski definition) is 4. The van der Waals surface area contributed by atoms with Gasteiger partial charge in [0.1, 0.15) is 17.6 Å². The molecule has 2 aromatic heterocycles. The normalized spacial score (nSPS) is 23.0. The molecule has 0 amide bonds. The number of H-pyrrole nitrogens is 1. The monoisotopic (exact) mass is 395 g/mol. The van der Waals surface area contributed by atoms with Crippen molar-refractivity contribution in [2.24, 2.45) is 0 Å². The maximum atomic E-state index is 9.19. The van der Waals surface area contributed by atoms with Crippen LogP contribution in [-0.4, -0.2) is 33.5 Å². The van der Waals surface area contributed by atoms with Crippen LogP contribution in [0.4, 0.5) is 5.82 Å². The van der Waals surface area contributed by atoms with Crippen LogP contribution in [-0.2, 0) is 6.54 Å². The summed E-state index contributed by atoms with van der Waals surface area (Å²) < 4.78 is 0. The van der Waals surface area contributed by atoms with E-state index in [4.69, 9.17) is 0 Å². The number of anilines is 1. The van der Waals surface area contributed by atoms with Gasteiger partial charge >= 0.3 is 0 Å². The topological polar surface area (TPSA) is 67.7 Å². The predicted octanol–water partition coefficient (Wildman–Crippen LogP) is 4.92. The van der Waals surface area contributed by atoms with E-state index in [1.807, 2.05) is 6.07 Å². The molecule has 6 rings (SSSR count). The summed E-state index contributed by atoms with van der Waals surface area (Å²) in [5, 5.41) is 13.7. The van der Waals surface area contributed by atoms with Crippen molar-refractivity contribution in [2.45, 2.75) is 50.7 Å². The van der Waals surface area contributed by atoms with E-state index >= 15 is 0 Å². The third kappa shape index (κ3) is 2.91. The van der Waals surface area contributed by atoms with Gasteiger partial charge in [-0.25, -0.2) is 4.98 Å². The third-order valence-electron chi connectivity index (χ3n) is 7.15. The van der Waals surface area contributed by atoms with Gasteiger partial charge in [0, 0.05) is 36.1 Å². The lowest BCUT2D eigenvalue weighted by Gasteiger charge is -2.34. The van der Waals surface area contributed by atoms with Gasteiger partial charge in [-0.1, -0.05) is 30.7 Å². The number of piperidine rings is 1. The van der Waals surface area contributed by atoms with Crippen molar-refractivity contribution in [3.05, 3.63) is 58.9 Å². The SMILES string of the molecule is N#Cc1cc2c3c([nH]c2cn1)NCC(c1ccc(CN2C4CCCC2CC4)cc1)=C3. The highest BCUT2D eigenvalue weighted by atomic mass is 15.2. The Hall–Kier alpha value is -3.10. The Kier molecular flexibility index (Phi) is 4.14. The number of pyridine rings is 1. The zero-order valence-corrected chi connectivity index (χ0v) is 17.0. The number of nitrogens with zero attached hydrogens (tertiary/aromatic N) is 3. The van der Waals surface area contributed by atoms with E-state index in [1.165, 1.54) is 48.8 Å². The Balaban J connectivity index is 1.27. The molecule has 0 radical (unpaired) electrons. The molecular formula is C25H25N5. The minimum absolute atomic E-state index is 0.445. The first-order valence-corrected chi connectivity index (χ1v) is 11.0. The molecule has 0 saturated carbocycles. The van der Waals surface area contributed by atoms with Gasteiger partial charge in [0.05, 0.1) is 11.7 Å². The Morgan fingerprint density at radius 1 is 1.10 bits per heavy atom. The first kappa shape index (κ1) is 17.7. The van der Waals surface area contributed by atoms with Crippen molar-refractivity contribution in [3.63, 3.8) is 0 Å². The number of aromatic amines is 1. The highest BCUT2D eigenvalue weighted by molar-refractivity contribution is 6.02. The van der Waals surface area contributed by atoms with Crippen molar-refractivity contribution in [3.8, 4) is 6.07 Å². The molecule has 2 unspecified atom stereocenters. The smallest absolute Gasteiger partial charge is 0.141 e. The molecule has 0 aliphatic carbocycles. The van der Waals surface area contributed by atoms with Gasteiger partial charge in [0.15, 0.2) is 0 Å². The Morgan fingerprint density at radius 2 is 1.90 bits per heavy atom. The highest BCUT2D eigenvalue weighted by Gasteiger charge is 2.36. The highest BCUT2D eigenvalue weighted by Crippen LogP contribution is 2.37. The van der Waals surface area contributed by atoms with Crippen LogP contribution in [0.15, 0.2) is 36.5 Å². The predicted molar refractivity (Wildman–Crippen MR) is 120 cm³/mol. The van der Waals surface area contributed by atoms with Crippen LogP contribution in [0.3, 0.4) is 0 Å². The van der Waals surface area contributed by atoms with Crippen molar-refractivity contribution in [1.29, 1.82) is 5.26 Å². The van der Waals surface area contributed by atoms with Crippen LogP contribution in [0.1, 0.15) is 54.5 Å². The average Bonchev–Trinajstić information content (AvgIpc) is 3.24. The van der Waals surface area contributed by atoms with Crippen molar-refractivity contribution >= 4 is 28.4 Å². The molecule has 3 aliphatic heterocycles. The maximum Gasteiger partial charge on any atom is 0.141 e. The Bertz CT molecular complexity index is 1160. The zero-order valence-electron chi connectivity index (χ0n) is 17.0. The number of hydrogen-bond donors (Lipinski definition) is 2. The lowest BCUT2D eigenvalue weighted by atomic mass is 9.97. The number of benzene rings is 1. The molecule has 2 atom stereocenters. The van der Waals surface area contributed by atoms with Crippen LogP contribution < -0.4 is 5.32 Å². The summed E-state index contributed by atoms with van der Waals surface area (Å²) in [5.41, 5.74) is 6.45. The minimum atomic E-state index is 0.445. The molecule has 5 heterocycles. The van der Waals surface area contributed by atoms with Crippen LogP contribution >= 0.6 is 0 Å². The minimum Gasteiger partial charge on any atom is -0.367 e. The van der Waals surface area contributed by atoms with E-state index in [2.05, 4.69) is 56.6 Å². The largest absolute Gasteiger partial charge is 0.367 e. The van der Waals surface area contributed by atoms with Crippen LogP contribution in [0.25, 0.3) is 22.6 Å². The summed E-state index contributed by atoms with van der Waals surface area (Å²) in [6, 6.07) is 14.7. The zero-order chi connectivity index (χ0) is 20.1. The lowest BCUT2D eigenvalue weighted by Crippen LogP contribution is -2.38. The molecule has 150 valence electrons. The van der Waals surface area contributed by atoms with E-state index in [9.17, 15) is 5.26 Å². The van der Waals surface area contributed by atoms with E-state index in [0.29, 0.717) is 5.69 Å². The molecule has 0 spiro atoms. The molecule has 2 bridgehead atoms. The molecule has 1 aromatic carbocycles. The number of rotatable bonds is 3. The first-order valence-electron chi connectivity index (χ1n) is 11.0. The second kappa shape index (κ2) is 7.00. The molecule has 3 aliphatic rings. The number of fused-ring (bicyclic) bond motifs is 5. The summed E-state index contributed by atoms with van der Waals surface area (Å²) in [6.07, 6.45) is 10.9. The second-order valence-corrected chi connectivity index (χ2v) is 8.85. The molecule has 2 N–H and O–H groups in total. The van der Waals surface area contributed by atoms with Gasteiger partial charge in [-0.15, -0.1) is 0 Å². The fraction of sp³-hybridized carbons (Fsp3) is 0.360. The molecule has 3 aromatic rings. The fourth-order valence-electron chi connectivity index (χ4n) is 5.58. The summed E-state index contributed by atoms with van der Waals surface area (Å²) in [4.78, 5) is 10.3. The second-order valence-electron chi connectivity index (χ2n) is 8.85. The lowest BCUT2D eigenvalue weighted by molar-refractivity contribution is 0.132. The molecule has 2 fully saturated rings. The van der Waals surface area contributed by atoms with Gasteiger partial charge in [0.2, 0.25) is 0 Å². The maximum absolute atomic E-state index is 9.19. The van der Waals surface area contributed by atoms with Crippen LogP contribution in [0.5, 0.6) is 0 Å². The first-order chi connectivity index (χ1) is 14.8. The fourth-order valence-corrected chi connectivity index (χ4v) is 5.58. The molecule has 5 heteroatoms. The van der Waals surface area contributed by atoms with Crippen molar-refractivity contribution < 1.29 is 0 Å². The quantitative estimate of drug-likeness (QED) is 0.661. The average molecular weight is 396 g/mol. The number of nitrogens with one attached hydrogen (secondary N) is 2. The van der Waals surface area contributed by atoms with Gasteiger partial charge in [-0.05, 0) is 54.5 Å². The van der Waals surface area contributed by atoms with Gasteiger partial charge in [0.25, 0.3) is 0 Å². The van der Waals surface area contributed by atoms with E-state index in [-0.39, 0.29) is 0 Å². The van der Waals surface area contributed by atoms with Gasteiger partial charge in [-0.2, -0.15) is 5.26 Å². The van der Waals surface area contributed by atoms with Crippen molar-refractivity contribution in [1.82, 2.24) is 14.9 Å². The summed E-state index contributed by atoms with van der Waals surface area (Å²) in [6.45, 7) is 1.87. The van der Waals surface area contributed by atoms with E-state index in [1.54, 1.807) is 6.20 Å².